The zero-order valence-electron chi connectivity index (χ0n) is 15.7. The molecule has 4 rings (SSSR count). The third-order valence-electron chi connectivity index (χ3n) is 4.83. The van der Waals surface area contributed by atoms with Gasteiger partial charge in [0.1, 0.15) is 0 Å². The normalized spacial score (nSPS) is 13.6. The maximum atomic E-state index is 12.2. The number of benzene rings is 1. The third kappa shape index (κ3) is 4.86. The predicted molar refractivity (Wildman–Crippen MR) is 110 cm³/mol. The van der Waals surface area contributed by atoms with Crippen LogP contribution in [0, 0.1) is 0 Å². The number of thiophene rings is 1. The van der Waals surface area contributed by atoms with E-state index in [1.165, 1.54) is 10.4 Å². The zero-order valence-corrected chi connectivity index (χ0v) is 16.5. The van der Waals surface area contributed by atoms with Crippen LogP contribution in [0.5, 0.6) is 0 Å². The Morgan fingerprint density at radius 2 is 2.11 bits per heavy atom. The summed E-state index contributed by atoms with van der Waals surface area (Å²) in [7, 11) is 0. The van der Waals surface area contributed by atoms with Gasteiger partial charge in [-0.05, 0) is 23.4 Å². The summed E-state index contributed by atoms with van der Waals surface area (Å²) in [5.74, 6) is 0.587. The Morgan fingerprint density at radius 1 is 1.21 bits per heavy atom. The number of carbonyl (C=O) groups excluding carboxylic acids is 1. The number of fused-ring (bicyclic) bond motifs is 1. The Balaban J connectivity index is 1.21. The van der Waals surface area contributed by atoms with E-state index in [1.807, 2.05) is 23.6 Å². The lowest BCUT2D eigenvalue weighted by molar-refractivity contribution is -0.117. The van der Waals surface area contributed by atoms with E-state index in [2.05, 4.69) is 44.7 Å². The minimum absolute atomic E-state index is 0.0665. The molecule has 146 valence electrons. The first-order valence-electron chi connectivity index (χ1n) is 9.50. The molecule has 0 saturated heterocycles. The first-order valence-corrected chi connectivity index (χ1v) is 10.4. The molecule has 1 aliphatic rings. The number of H-pyrrole nitrogens is 1. The van der Waals surface area contributed by atoms with Gasteiger partial charge >= 0.3 is 0 Å². The minimum Gasteiger partial charge on any atom is -0.375 e. The van der Waals surface area contributed by atoms with Crippen LogP contribution in [0.2, 0.25) is 0 Å². The molecule has 2 N–H and O–H groups in total. The highest BCUT2D eigenvalue weighted by Crippen LogP contribution is 2.27. The fourth-order valence-corrected chi connectivity index (χ4v) is 3.97. The van der Waals surface area contributed by atoms with Crippen LogP contribution in [-0.2, 0) is 35.6 Å². The van der Waals surface area contributed by atoms with Gasteiger partial charge in [-0.15, -0.1) is 11.3 Å². The summed E-state index contributed by atoms with van der Waals surface area (Å²) < 4.78 is 5.56. The number of nitrogens with one attached hydrogen (secondary N) is 2. The quantitative estimate of drug-likeness (QED) is 0.543. The Hall–Kier alpha value is -2.48. The largest absolute Gasteiger partial charge is 0.375 e. The third-order valence-corrected chi connectivity index (χ3v) is 5.68. The van der Waals surface area contributed by atoms with Gasteiger partial charge in [-0.25, -0.2) is 0 Å². The van der Waals surface area contributed by atoms with Crippen LogP contribution in [0.15, 0.2) is 47.8 Å². The molecule has 0 bridgehead atoms. The summed E-state index contributed by atoms with van der Waals surface area (Å²) in [6, 6.07) is 14.5. The number of aromatic nitrogens is 2. The molecule has 0 unspecified atom stereocenters. The molecule has 0 atom stereocenters. The van der Waals surface area contributed by atoms with Crippen molar-refractivity contribution in [3.8, 4) is 0 Å². The number of nitrogens with zero attached hydrogens (tertiary/aromatic N) is 2. The maximum Gasteiger partial charge on any atom is 0.227 e. The van der Waals surface area contributed by atoms with Gasteiger partial charge in [0.2, 0.25) is 5.91 Å². The summed E-state index contributed by atoms with van der Waals surface area (Å²) in [5, 5.41) is 12.3. The van der Waals surface area contributed by atoms with E-state index < -0.39 is 0 Å². The van der Waals surface area contributed by atoms with Crippen molar-refractivity contribution >= 4 is 23.1 Å². The average Bonchev–Trinajstić information content (AvgIpc) is 3.44. The van der Waals surface area contributed by atoms with Gasteiger partial charge in [-0.2, -0.15) is 5.10 Å². The molecular formula is C21H24N4O2S. The van der Waals surface area contributed by atoms with Gasteiger partial charge in [0.05, 0.1) is 25.3 Å². The molecule has 6 nitrogen and oxygen atoms in total. The number of aromatic amines is 1. The van der Waals surface area contributed by atoms with Crippen molar-refractivity contribution in [1.29, 1.82) is 0 Å². The first kappa shape index (κ1) is 18.9. The van der Waals surface area contributed by atoms with E-state index in [0.29, 0.717) is 25.5 Å². The van der Waals surface area contributed by atoms with E-state index in [0.717, 1.165) is 37.3 Å². The lowest BCUT2D eigenvalue weighted by Crippen LogP contribution is -2.21. The molecule has 28 heavy (non-hydrogen) atoms. The highest BCUT2D eigenvalue weighted by atomic mass is 32.1. The van der Waals surface area contributed by atoms with Crippen molar-refractivity contribution < 1.29 is 9.53 Å². The van der Waals surface area contributed by atoms with Crippen LogP contribution in [0.1, 0.15) is 28.1 Å². The molecule has 7 heteroatoms. The number of hydrogen-bond acceptors (Lipinski definition) is 5. The number of carbonyl (C=O) groups is 1. The Morgan fingerprint density at radius 3 is 2.93 bits per heavy atom. The predicted octanol–water partition coefficient (Wildman–Crippen LogP) is 3.57. The van der Waals surface area contributed by atoms with E-state index in [1.54, 1.807) is 11.3 Å². The molecule has 3 aromatic rings. The van der Waals surface area contributed by atoms with Crippen molar-refractivity contribution in [3.63, 3.8) is 0 Å². The number of amides is 1. The van der Waals surface area contributed by atoms with Gasteiger partial charge in [-0.1, -0.05) is 36.4 Å². The van der Waals surface area contributed by atoms with Gasteiger partial charge in [-0.3, -0.25) is 14.8 Å². The summed E-state index contributed by atoms with van der Waals surface area (Å²) in [6.45, 7) is 3.59. The molecule has 0 spiro atoms. The number of hydrogen-bond donors (Lipinski definition) is 2. The number of ether oxygens (including phenoxy) is 1. The molecule has 3 heterocycles. The molecule has 0 fully saturated rings. The van der Waals surface area contributed by atoms with Crippen LogP contribution in [-0.4, -0.2) is 34.2 Å². The molecule has 1 aromatic carbocycles. The smallest absolute Gasteiger partial charge is 0.227 e. The minimum atomic E-state index is -0.0665. The molecule has 0 aliphatic carbocycles. The molecule has 0 radical (unpaired) electrons. The van der Waals surface area contributed by atoms with Crippen LogP contribution in [0.4, 0.5) is 5.82 Å². The monoisotopic (exact) mass is 396 g/mol. The first-order chi connectivity index (χ1) is 13.8. The topological polar surface area (TPSA) is 70.2 Å². The molecular weight excluding hydrogens is 372 g/mol. The maximum absolute atomic E-state index is 12.2. The Kier molecular flexibility index (Phi) is 6.16. The van der Waals surface area contributed by atoms with Gasteiger partial charge in [0.15, 0.2) is 5.82 Å². The van der Waals surface area contributed by atoms with Crippen molar-refractivity contribution in [1.82, 2.24) is 15.1 Å². The van der Waals surface area contributed by atoms with Gasteiger partial charge < -0.3 is 10.1 Å². The summed E-state index contributed by atoms with van der Waals surface area (Å²) in [6.07, 6.45) is 1.34. The highest BCUT2D eigenvalue weighted by Gasteiger charge is 2.25. The van der Waals surface area contributed by atoms with Crippen molar-refractivity contribution in [2.75, 3.05) is 18.5 Å². The van der Waals surface area contributed by atoms with Crippen LogP contribution in [0.25, 0.3) is 0 Å². The van der Waals surface area contributed by atoms with Crippen LogP contribution < -0.4 is 5.32 Å². The lowest BCUT2D eigenvalue weighted by atomic mass is 10.1. The Labute approximate surface area is 168 Å². The van der Waals surface area contributed by atoms with Crippen molar-refractivity contribution in [2.24, 2.45) is 0 Å². The van der Waals surface area contributed by atoms with Crippen LogP contribution >= 0.6 is 11.3 Å². The molecule has 1 aliphatic heterocycles. The van der Waals surface area contributed by atoms with E-state index >= 15 is 0 Å². The summed E-state index contributed by atoms with van der Waals surface area (Å²) in [5.41, 5.74) is 3.53. The van der Waals surface area contributed by atoms with E-state index in [4.69, 9.17) is 4.74 Å². The standard InChI is InChI=1S/C21H24N4O2S/c26-20(9-11-27-15-17-7-4-12-28-17)22-21-18-13-25(14-19(18)23-24-21)10-8-16-5-2-1-3-6-16/h1-7,12H,8-11,13-15H2,(H2,22,23,24,26). The fraction of sp³-hybridized carbons (Fsp3) is 0.333. The van der Waals surface area contributed by atoms with E-state index in [9.17, 15) is 4.79 Å². The summed E-state index contributed by atoms with van der Waals surface area (Å²) in [4.78, 5) is 15.7. The number of rotatable bonds is 9. The second-order valence-electron chi connectivity index (χ2n) is 6.91. The molecule has 1 amide bonds. The lowest BCUT2D eigenvalue weighted by Gasteiger charge is -2.15. The summed E-state index contributed by atoms with van der Waals surface area (Å²) >= 11 is 1.66. The van der Waals surface area contributed by atoms with Crippen LogP contribution in [0.3, 0.4) is 0 Å². The van der Waals surface area contributed by atoms with Gasteiger partial charge in [0.25, 0.3) is 0 Å². The Bertz CT molecular complexity index is 893. The fourth-order valence-electron chi connectivity index (χ4n) is 3.33. The number of anilines is 1. The SMILES string of the molecule is O=C(CCOCc1cccs1)Nc1n[nH]c2c1CN(CCc1ccccc1)C2. The molecule has 0 saturated carbocycles. The molecule has 2 aromatic heterocycles. The second kappa shape index (κ2) is 9.14. The highest BCUT2D eigenvalue weighted by molar-refractivity contribution is 7.09. The zero-order chi connectivity index (χ0) is 19.2. The average molecular weight is 397 g/mol. The van der Waals surface area contributed by atoms with Crippen molar-refractivity contribution in [2.45, 2.75) is 32.5 Å². The van der Waals surface area contributed by atoms with Crippen molar-refractivity contribution in [3.05, 3.63) is 69.5 Å². The van der Waals surface area contributed by atoms with E-state index in [-0.39, 0.29) is 5.91 Å². The van der Waals surface area contributed by atoms with Gasteiger partial charge in [0, 0.05) is 30.1 Å². The second-order valence-corrected chi connectivity index (χ2v) is 7.94.